The van der Waals surface area contributed by atoms with Crippen molar-refractivity contribution in [3.63, 3.8) is 0 Å². The van der Waals surface area contributed by atoms with E-state index < -0.39 is 5.82 Å². The molecule has 0 fully saturated rings. The monoisotopic (exact) mass is 179 g/mol. The van der Waals surface area contributed by atoms with Crippen LogP contribution in [0.4, 0.5) is 4.39 Å². The van der Waals surface area contributed by atoms with Crippen molar-refractivity contribution in [3.05, 3.63) is 29.1 Å². The molecule has 0 unspecified atom stereocenters. The van der Waals surface area contributed by atoms with Gasteiger partial charge in [-0.15, -0.1) is 0 Å². The molecule has 0 bridgehead atoms. The molecule has 1 amide bonds. The molecule has 0 N–H and O–H groups in total. The van der Waals surface area contributed by atoms with Gasteiger partial charge < -0.3 is 4.74 Å². The minimum absolute atomic E-state index is 0.0672. The molecule has 0 aliphatic carbocycles. The molecule has 0 saturated carbocycles. The maximum atomic E-state index is 13.1. The second-order valence-corrected chi connectivity index (χ2v) is 2.64. The summed E-state index contributed by atoms with van der Waals surface area (Å²) in [5.74, 6) is -0.770. The van der Waals surface area contributed by atoms with E-state index >= 15 is 0 Å². The number of rotatable bonds is 1. The second-order valence-electron chi connectivity index (χ2n) is 2.64. The molecule has 2 rings (SSSR count). The number of benzene rings is 1. The van der Waals surface area contributed by atoms with Crippen molar-refractivity contribution in [2.24, 2.45) is 4.99 Å². The summed E-state index contributed by atoms with van der Waals surface area (Å²) in [7, 11) is 1.35. The van der Waals surface area contributed by atoms with Crippen LogP contribution in [0.3, 0.4) is 0 Å². The predicted molar refractivity (Wildman–Crippen MR) is 44.9 cm³/mol. The number of methoxy groups -OCH3 is 1. The van der Waals surface area contributed by atoms with E-state index in [1.54, 1.807) is 0 Å². The fourth-order valence-corrected chi connectivity index (χ4v) is 1.21. The van der Waals surface area contributed by atoms with E-state index in [2.05, 4.69) is 4.99 Å². The molecule has 0 saturated heterocycles. The number of carbonyl (C=O) groups excluding carboxylic acids is 1. The molecule has 0 radical (unpaired) electrons. The van der Waals surface area contributed by atoms with Gasteiger partial charge in [-0.25, -0.2) is 9.38 Å². The topological polar surface area (TPSA) is 38.7 Å². The Labute approximate surface area is 73.9 Å². The van der Waals surface area contributed by atoms with Crippen LogP contribution in [0.15, 0.2) is 17.1 Å². The second kappa shape index (κ2) is 2.65. The molecule has 1 aromatic rings. The summed E-state index contributed by atoms with van der Waals surface area (Å²) in [6, 6.07) is 2.60. The quantitative estimate of drug-likeness (QED) is 0.653. The Balaban J connectivity index is 2.62. The van der Waals surface area contributed by atoms with Crippen LogP contribution in [-0.2, 0) is 0 Å². The van der Waals surface area contributed by atoms with Gasteiger partial charge in [-0.3, -0.25) is 4.79 Å². The summed E-state index contributed by atoms with van der Waals surface area (Å²) in [6.07, 6.45) is 1.35. The van der Waals surface area contributed by atoms with Crippen LogP contribution in [0.2, 0.25) is 0 Å². The number of hydrogen-bond acceptors (Lipinski definition) is 2. The lowest BCUT2D eigenvalue weighted by Gasteiger charge is -2.02. The molecule has 1 aromatic carbocycles. The molecule has 4 heteroatoms. The van der Waals surface area contributed by atoms with Gasteiger partial charge in [0.2, 0.25) is 0 Å². The number of aliphatic imine (C=N–C) groups is 1. The van der Waals surface area contributed by atoms with Crippen LogP contribution in [0.1, 0.15) is 15.9 Å². The van der Waals surface area contributed by atoms with Crippen LogP contribution in [0.5, 0.6) is 5.75 Å². The third-order valence-corrected chi connectivity index (χ3v) is 1.88. The number of carbonyl (C=O) groups is 1. The van der Waals surface area contributed by atoms with E-state index in [4.69, 9.17) is 4.74 Å². The summed E-state index contributed by atoms with van der Waals surface area (Å²) in [5, 5.41) is 0. The van der Waals surface area contributed by atoms with E-state index in [0.29, 0.717) is 11.1 Å². The molecule has 0 aromatic heterocycles. The van der Waals surface area contributed by atoms with Gasteiger partial charge in [0.25, 0.3) is 5.91 Å². The number of hydrogen-bond donors (Lipinski definition) is 0. The number of halogens is 1. The van der Waals surface area contributed by atoms with Crippen molar-refractivity contribution in [2.45, 2.75) is 0 Å². The van der Waals surface area contributed by atoms with E-state index in [1.807, 2.05) is 0 Å². The maximum Gasteiger partial charge on any atom is 0.277 e. The molecule has 1 heterocycles. The summed E-state index contributed by atoms with van der Waals surface area (Å²) >= 11 is 0. The number of amides is 1. The van der Waals surface area contributed by atoms with Crippen LogP contribution in [-0.4, -0.2) is 19.2 Å². The lowest BCUT2D eigenvalue weighted by Crippen LogP contribution is -1.96. The van der Waals surface area contributed by atoms with Gasteiger partial charge in [-0.2, -0.15) is 0 Å². The van der Waals surface area contributed by atoms with Crippen molar-refractivity contribution in [3.8, 4) is 5.75 Å². The Morgan fingerprint density at radius 1 is 1.46 bits per heavy atom. The molecule has 13 heavy (non-hydrogen) atoms. The predicted octanol–water partition coefficient (Wildman–Crippen LogP) is 1.41. The molecule has 3 nitrogen and oxygen atoms in total. The van der Waals surface area contributed by atoms with Gasteiger partial charge in [-0.1, -0.05) is 0 Å². The van der Waals surface area contributed by atoms with Crippen molar-refractivity contribution in [2.75, 3.05) is 7.11 Å². The summed E-state index contributed by atoms with van der Waals surface area (Å²) in [6.45, 7) is 0. The molecule has 1 aliphatic rings. The van der Waals surface area contributed by atoms with Crippen molar-refractivity contribution >= 4 is 12.1 Å². The first-order valence-corrected chi connectivity index (χ1v) is 3.68. The third-order valence-electron chi connectivity index (χ3n) is 1.88. The lowest BCUT2D eigenvalue weighted by atomic mass is 10.1. The minimum atomic E-state index is -0.484. The molecular formula is C9H6FNO2. The Morgan fingerprint density at radius 3 is 2.92 bits per heavy atom. The normalized spacial score (nSPS) is 13.2. The number of ether oxygens (including phenoxy) is 1. The van der Waals surface area contributed by atoms with Gasteiger partial charge in [0, 0.05) is 11.8 Å². The Hall–Kier alpha value is -1.71. The zero-order valence-corrected chi connectivity index (χ0v) is 6.87. The highest BCUT2D eigenvalue weighted by Gasteiger charge is 2.18. The first-order valence-electron chi connectivity index (χ1n) is 3.68. The third kappa shape index (κ3) is 1.11. The van der Waals surface area contributed by atoms with Crippen LogP contribution in [0.25, 0.3) is 0 Å². The first-order chi connectivity index (χ1) is 6.22. The molecule has 0 spiro atoms. The summed E-state index contributed by atoms with van der Waals surface area (Å²) in [4.78, 5) is 14.6. The SMILES string of the molecule is COc1cc2c(cc1F)C=NC2=O. The van der Waals surface area contributed by atoms with Gasteiger partial charge in [0.05, 0.1) is 12.7 Å². The molecule has 66 valence electrons. The zero-order chi connectivity index (χ0) is 9.42. The van der Waals surface area contributed by atoms with E-state index in [9.17, 15) is 9.18 Å². The molecular weight excluding hydrogens is 173 g/mol. The Kier molecular flexibility index (Phi) is 1.62. The van der Waals surface area contributed by atoms with Gasteiger partial charge in [0.1, 0.15) is 0 Å². The number of nitrogens with zero attached hydrogens (tertiary/aromatic N) is 1. The average molecular weight is 179 g/mol. The minimum Gasteiger partial charge on any atom is -0.494 e. The fraction of sp³-hybridized carbons (Fsp3) is 0.111. The van der Waals surface area contributed by atoms with Gasteiger partial charge in [-0.05, 0) is 12.1 Å². The van der Waals surface area contributed by atoms with E-state index in [0.717, 1.165) is 0 Å². The maximum absolute atomic E-state index is 13.1. The smallest absolute Gasteiger partial charge is 0.277 e. The summed E-state index contributed by atoms with van der Waals surface area (Å²) in [5.41, 5.74) is 0.890. The average Bonchev–Trinajstić information content (AvgIpc) is 2.46. The fourth-order valence-electron chi connectivity index (χ4n) is 1.21. The standard InChI is InChI=1S/C9H6FNO2/c1-13-8-3-6-5(2-7(8)10)4-11-9(6)12/h2-4H,1H3. The highest BCUT2D eigenvalue weighted by atomic mass is 19.1. The molecule has 1 aliphatic heterocycles. The van der Waals surface area contributed by atoms with Crippen LogP contribution < -0.4 is 4.74 Å². The molecule has 0 atom stereocenters. The highest BCUT2D eigenvalue weighted by molar-refractivity contribution is 6.13. The zero-order valence-electron chi connectivity index (χ0n) is 6.87. The first kappa shape index (κ1) is 7.91. The van der Waals surface area contributed by atoms with Gasteiger partial charge >= 0.3 is 0 Å². The van der Waals surface area contributed by atoms with E-state index in [1.165, 1.54) is 25.5 Å². The largest absolute Gasteiger partial charge is 0.494 e. The van der Waals surface area contributed by atoms with Crippen molar-refractivity contribution in [1.29, 1.82) is 0 Å². The highest BCUT2D eigenvalue weighted by Crippen LogP contribution is 2.24. The van der Waals surface area contributed by atoms with Crippen molar-refractivity contribution < 1.29 is 13.9 Å². The van der Waals surface area contributed by atoms with Crippen LogP contribution in [0, 0.1) is 5.82 Å². The Morgan fingerprint density at radius 2 is 2.23 bits per heavy atom. The Bertz CT molecular complexity index is 412. The van der Waals surface area contributed by atoms with Crippen LogP contribution >= 0.6 is 0 Å². The van der Waals surface area contributed by atoms with E-state index in [-0.39, 0.29) is 11.7 Å². The lowest BCUT2D eigenvalue weighted by molar-refractivity contribution is 0.101. The number of fused-ring (bicyclic) bond motifs is 1. The van der Waals surface area contributed by atoms with Crippen molar-refractivity contribution in [1.82, 2.24) is 0 Å². The van der Waals surface area contributed by atoms with Gasteiger partial charge in [0.15, 0.2) is 11.6 Å². The summed E-state index contributed by atoms with van der Waals surface area (Å²) < 4.78 is 17.8.